The molecule has 7 nitrogen and oxygen atoms in total. The molecule has 1 amide bonds. The lowest BCUT2D eigenvalue weighted by Gasteiger charge is -2.17. The topological polar surface area (TPSA) is 95.9 Å². The van der Waals surface area contributed by atoms with E-state index in [2.05, 4.69) is 0 Å². The van der Waals surface area contributed by atoms with Gasteiger partial charge in [-0.25, -0.2) is 8.42 Å². The molecule has 0 spiro atoms. The number of carbonyl (C=O) groups excluding carboxylic acids is 1. The van der Waals surface area contributed by atoms with E-state index in [0.717, 1.165) is 0 Å². The Morgan fingerprint density at radius 3 is 2.35 bits per heavy atom. The van der Waals surface area contributed by atoms with Gasteiger partial charge in [0.1, 0.15) is 5.75 Å². The van der Waals surface area contributed by atoms with Gasteiger partial charge in [-0.2, -0.15) is 0 Å². The quantitative estimate of drug-likeness (QED) is 0.607. The summed E-state index contributed by atoms with van der Waals surface area (Å²) in [4.78, 5) is 13.2. The number of methoxy groups -OCH3 is 1. The number of amides is 1. The van der Waals surface area contributed by atoms with Gasteiger partial charge in [-0.3, -0.25) is 10.0 Å². The van der Waals surface area contributed by atoms with Crippen LogP contribution in [0, 0.1) is 5.92 Å². The molecule has 0 unspecified atom stereocenters. The van der Waals surface area contributed by atoms with Crippen LogP contribution in [-0.2, 0) is 14.8 Å². The Hall–Kier alpha value is -1.64. The average Bonchev–Trinajstić information content (AvgIpc) is 2.37. The monoisotopic (exact) mass is 302 g/mol. The van der Waals surface area contributed by atoms with Crippen molar-refractivity contribution < 1.29 is 23.2 Å². The second-order valence-corrected chi connectivity index (χ2v) is 6.23. The maximum Gasteiger partial charge on any atom is 0.262 e. The number of hydrogen-bond acceptors (Lipinski definition) is 5. The Morgan fingerprint density at radius 1 is 1.35 bits per heavy atom. The van der Waals surface area contributed by atoms with Gasteiger partial charge < -0.3 is 4.74 Å². The van der Waals surface area contributed by atoms with Crippen LogP contribution in [0.3, 0.4) is 0 Å². The molecule has 0 radical (unpaired) electrons. The van der Waals surface area contributed by atoms with Gasteiger partial charge in [0.05, 0.1) is 12.0 Å². The van der Waals surface area contributed by atoms with E-state index in [1.165, 1.54) is 31.4 Å². The number of carbonyl (C=O) groups is 1. The van der Waals surface area contributed by atoms with E-state index >= 15 is 0 Å². The minimum atomic E-state index is -4.02. The number of hydrazine groups is 1. The molecule has 0 saturated carbocycles. The van der Waals surface area contributed by atoms with Crippen LogP contribution in [0.1, 0.15) is 20.3 Å². The first kappa shape index (κ1) is 16.4. The van der Waals surface area contributed by atoms with Crippen molar-refractivity contribution in [3.63, 3.8) is 0 Å². The fraction of sp³-hybridized carbons (Fsp3) is 0.417. The van der Waals surface area contributed by atoms with Crippen molar-refractivity contribution in [1.29, 1.82) is 0 Å². The third kappa shape index (κ3) is 4.48. The van der Waals surface area contributed by atoms with Crippen LogP contribution in [0.25, 0.3) is 0 Å². The van der Waals surface area contributed by atoms with Gasteiger partial charge in [0.15, 0.2) is 0 Å². The van der Waals surface area contributed by atoms with Crippen molar-refractivity contribution >= 4 is 15.9 Å². The highest BCUT2D eigenvalue weighted by atomic mass is 32.2. The Bertz CT molecular complexity index is 554. The molecule has 8 heteroatoms. The van der Waals surface area contributed by atoms with Crippen molar-refractivity contribution in [2.24, 2.45) is 5.92 Å². The Balaban J connectivity index is 2.80. The maximum absolute atomic E-state index is 11.9. The van der Waals surface area contributed by atoms with Gasteiger partial charge in [0.25, 0.3) is 15.9 Å². The van der Waals surface area contributed by atoms with Crippen LogP contribution >= 0.6 is 0 Å². The number of nitrogens with one attached hydrogen (secondary N) is 1. The van der Waals surface area contributed by atoms with Crippen molar-refractivity contribution in [3.8, 4) is 5.75 Å². The van der Waals surface area contributed by atoms with Gasteiger partial charge >= 0.3 is 0 Å². The molecule has 0 aliphatic carbocycles. The Labute approximate surface area is 118 Å². The molecular formula is C12H18N2O5S. The predicted molar refractivity (Wildman–Crippen MR) is 71.4 cm³/mol. The van der Waals surface area contributed by atoms with E-state index in [-0.39, 0.29) is 22.4 Å². The summed E-state index contributed by atoms with van der Waals surface area (Å²) < 4.78 is 28.8. The van der Waals surface area contributed by atoms with E-state index in [9.17, 15) is 18.4 Å². The Morgan fingerprint density at radius 2 is 1.90 bits per heavy atom. The maximum atomic E-state index is 11.9. The molecule has 112 valence electrons. The van der Waals surface area contributed by atoms with Crippen LogP contribution in [0.4, 0.5) is 0 Å². The third-order valence-corrected chi connectivity index (χ3v) is 3.70. The van der Waals surface area contributed by atoms with Crippen LogP contribution in [0.15, 0.2) is 29.2 Å². The molecule has 0 aromatic heterocycles. The first-order chi connectivity index (χ1) is 9.26. The minimum Gasteiger partial charge on any atom is -0.497 e. The van der Waals surface area contributed by atoms with Crippen LogP contribution in [-0.4, -0.2) is 31.8 Å². The summed E-state index contributed by atoms with van der Waals surface area (Å²) in [5.41, 5.74) is 0. The summed E-state index contributed by atoms with van der Waals surface area (Å²) >= 11 is 0. The van der Waals surface area contributed by atoms with Crippen LogP contribution in [0.5, 0.6) is 5.75 Å². The summed E-state index contributed by atoms with van der Waals surface area (Å²) in [5, 5.41) is 9.43. The van der Waals surface area contributed by atoms with E-state index in [1.807, 2.05) is 0 Å². The number of rotatable bonds is 6. The van der Waals surface area contributed by atoms with Crippen molar-refractivity contribution in [2.75, 3.05) is 7.11 Å². The molecule has 0 aliphatic heterocycles. The first-order valence-electron chi connectivity index (χ1n) is 5.94. The number of sulfonamides is 1. The zero-order valence-corrected chi connectivity index (χ0v) is 12.3. The van der Waals surface area contributed by atoms with Gasteiger partial charge in [-0.05, 0) is 30.2 Å². The normalized spacial score (nSPS) is 11.4. The fourth-order valence-corrected chi connectivity index (χ4v) is 2.34. The molecule has 0 heterocycles. The second kappa shape index (κ2) is 6.69. The largest absolute Gasteiger partial charge is 0.497 e. The van der Waals surface area contributed by atoms with Crippen LogP contribution < -0.4 is 9.57 Å². The van der Waals surface area contributed by atoms with E-state index < -0.39 is 15.9 Å². The molecule has 0 bridgehead atoms. The molecule has 20 heavy (non-hydrogen) atoms. The SMILES string of the molecule is COc1ccc(S(=O)(=O)NN(O)C(=O)CC(C)C)cc1. The average molecular weight is 302 g/mol. The number of hydrogen-bond donors (Lipinski definition) is 2. The van der Waals surface area contributed by atoms with Gasteiger partial charge in [0, 0.05) is 6.42 Å². The predicted octanol–water partition coefficient (Wildman–Crippen LogP) is 1.15. The van der Waals surface area contributed by atoms with Gasteiger partial charge in [0.2, 0.25) is 0 Å². The third-order valence-electron chi connectivity index (χ3n) is 2.40. The first-order valence-corrected chi connectivity index (χ1v) is 7.43. The van der Waals surface area contributed by atoms with Crippen molar-refractivity contribution in [1.82, 2.24) is 10.0 Å². The second-order valence-electron chi connectivity index (χ2n) is 4.57. The molecule has 1 rings (SSSR count). The minimum absolute atomic E-state index is 0.000431. The smallest absolute Gasteiger partial charge is 0.262 e. The van der Waals surface area contributed by atoms with Gasteiger partial charge in [-0.1, -0.05) is 18.7 Å². The zero-order chi connectivity index (χ0) is 15.3. The van der Waals surface area contributed by atoms with E-state index in [0.29, 0.717) is 5.75 Å². The summed E-state index contributed by atoms with van der Waals surface area (Å²) in [5.74, 6) is -0.222. The molecular weight excluding hydrogens is 284 g/mol. The highest BCUT2D eigenvalue weighted by Crippen LogP contribution is 2.15. The fourth-order valence-electron chi connectivity index (χ4n) is 1.41. The molecule has 1 aromatic rings. The summed E-state index contributed by atoms with van der Waals surface area (Å²) in [6.07, 6.45) is 0.0294. The molecule has 0 fully saturated rings. The lowest BCUT2D eigenvalue weighted by Crippen LogP contribution is -2.44. The van der Waals surface area contributed by atoms with Crippen molar-refractivity contribution in [3.05, 3.63) is 24.3 Å². The highest BCUT2D eigenvalue weighted by molar-refractivity contribution is 7.89. The van der Waals surface area contributed by atoms with E-state index in [4.69, 9.17) is 4.74 Å². The highest BCUT2D eigenvalue weighted by Gasteiger charge is 2.21. The molecule has 0 atom stereocenters. The molecule has 0 aliphatic rings. The van der Waals surface area contributed by atoms with Gasteiger partial charge in [-0.15, -0.1) is 5.17 Å². The Kier molecular flexibility index (Phi) is 5.49. The lowest BCUT2D eigenvalue weighted by molar-refractivity contribution is -0.173. The summed E-state index contributed by atoms with van der Waals surface area (Å²) in [6.45, 7) is 3.56. The van der Waals surface area contributed by atoms with Crippen molar-refractivity contribution in [2.45, 2.75) is 25.2 Å². The summed E-state index contributed by atoms with van der Waals surface area (Å²) in [6, 6.07) is 5.54. The molecule has 0 saturated heterocycles. The summed E-state index contributed by atoms with van der Waals surface area (Å²) in [7, 11) is -2.56. The number of benzene rings is 1. The lowest BCUT2D eigenvalue weighted by atomic mass is 10.1. The zero-order valence-electron chi connectivity index (χ0n) is 11.5. The standard InChI is InChI=1S/C12H18N2O5S/c1-9(2)8-12(15)14(16)13-20(17,18)11-6-4-10(19-3)5-7-11/h4-7,9,13,16H,8H2,1-3H3. The number of nitrogens with zero attached hydrogens (tertiary/aromatic N) is 1. The van der Waals surface area contributed by atoms with E-state index in [1.54, 1.807) is 18.7 Å². The molecule has 1 aromatic carbocycles. The van der Waals surface area contributed by atoms with Crippen LogP contribution in [0.2, 0.25) is 0 Å². The molecule has 2 N–H and O–H groups in total. The number of ether oxygens (including phenoxy) is 1. The number of hydroxylamine groups is 1.